The zero-order valence-electron chi connectivity index (χ0n) is 6.75. The van der Waals surface area contributed by atoms with Crippen LogP contribution in [0.25, 0.3) is 11.3 Å². The Morgan fingerprint density at radius 3 is 2.86 bits per heavy atom. The molecule has 72 valence electrons. The van der Waals surface area contributed by atoms with Crippen LogP contribution in [0.1, 0.15) is 0 Å². The molecule has 0 bridgehead atoms. The molecule has 2 heterocycles. The number of nitrogens with one attached hydrogen (secondary N) is 1. The third kappa shape index (κ3) is 1.73. The van der Waals surface area contributed by atoms with E-state index in [4.69, 9.17) is 16.0 Å². The average molecular weight is 275 g/mol. The third-order valence-corrected chi connectivity index (χ3v) is 2.33. The summed E-state index contributed by atoms with van der Waals surface area (Å²) in [6.45, 7) is 0. The molecule has 2 rings (SSSR count). The van der Waals surface area contributed by atoms with Crippen LogP contribution >= 0.6 is 27.5 Å². The molecule has 6 heteroatoms. The lowest BCUT2D eigenvalue weighted by atomic mass is 10.3. The first-order chi connectivity index (χ1) is 6.66. The number of aromatic nitrogens is 2. The Balaban J connectivity index is 2.57. The van der Waals surface area contributed by atoms with Gasteiger partial charge in [-0.3, -0.25) is 4.98 Å². The molecule has 0 aromatic carbocycles. The summed E-state index contributed by atoms with van der Waals surface area (Å²) in [5.74, 6) is 0.547. The first kappa shape index (κ1) is 9.48. The van der Waals surface area contributed by atoms with Crippen molar-refractivity contribution in [2.45, 2.75) is 0 Å². The maximum absolute atomic E-state index is 10.8. The number of furan rings is 1. The van der Waals surface area contributed by atoms with Gasteiger partial charge in [-0.1, -0.05) is 11.6 Å². The van der Waals surface area contributed by atoms with E-state index in [1.165, 1.54) is 6.20 Å². The fraction of sp³-hybridized carbons (Fsp3) is 0. The fourth-order valence-electron chi connectivity index (χ4n) is 1.00. The highest BCUT2D eigenvalue weighted by molar-refractivity contribution is 9.10. The molecule has 0 saturated heterocycles. The molecule has 0 aliphatic rings. The monoisotopic (exact) mass is 274 g/mol. The molecule has 2 aromatic rings. The molecule has 0 aliphatic carbocycles. The van der Waals surface area contributed by atoms with Gasteiger partial charge in [-0.25, -0.2) is 9.78 Å². The normalized spacial score (nSPS) is 10.4. The molecule has 0 saturated carbocycles. The summed E-state index contributed by atoms with van der Waals surface area (Å²) < 4.78 is 5.85. The highest BCUT2D eigenvalue weighted by Crippen LogP contribution is 2.27. The Bertz CT molecular complexity index is 520. The maximum atomic E-state index is 10.8. The number of halogens is 2. The standard InChI is InChI=1S/C8H4BrClN2O2/c9-6-2-1-5(14-6)4-3-11-8(13)12-7(4)10/h1-3H,(H,11,12,13). The third-order valence-electron chi connectivity index (χ3n) is 1.60. The van der Waals surface area contributed by atoms with Crippen LogP contribution in [0, 0.1) is 0 Å². The number of rotatable bonds is 1. The van der Waals surface area contributed by atoms with E-state index < -0.39 is 5.69 Å². The van der Waals surface area contributed by atoms with Crippen molar-refractivity contribution in [1.82, 2.24) is 9.97 Å². The van der Waals surface area contributed by atoms with E-state index in [-0.39, 0.29) is 5.15 Å². The van der Waals surface area contributed by atoms with Gasteiger partial charge < -0.3 is 4.42 Å². The van der Waals surface area contributed by atoms with Crippen LogP contribution in [-0.4, -0.2) is 9.97 Å². The first-order valence-electron chi connectivity index (χ1n) is 3.67. The molecule has 0 amide bonds. The molecule has 0 aliphatic heterocycles. The highest BCUT2D eigenvalue weighted by Gasteiger charge is 2.08. The lowest BCUT2D eigenvalue weighted by Crippen LogP contribution is -2.09. The topological polar surface area (TPSA) is 58.9 Å². The highest BCUT2D eigenvalue weighted by atomic mass is 79.9. The van der Waals surface area contributed by atoms with Gasteiger partial charge >= 0.3 is 5.69 Å². The van der Waals surface area contributed by atoms with E-state index in [0.29, 0.717) is 16.0 Å². The lowest BCUT2D eigenvalue weighted by molar-refractivity contribution is 0.555. The predicted octanol–water partition coefficient (Wildman–Crippen LogP) is 2.45. The van der Waals surface area contributed by atoms with Gasteiger partial charge in [0.25, 0.3) is 0 Å². The minimum absolute atomic E-state index is 0.215. The molecule has 1 N–H and O–H groups in total. The summed E-state index contributed by atoms with van der Waals surface area (Å²) in [5.41, 5.74) is 0.0707. The van der Waals surface area contributed by atoms with Crippen LogP contribution in [0.4, 0.5) is 0 Å². The second kappa shape index (κ2) is 3.59. The Kier molecular flexibility index (Phi) is 2.43. The summed E-state index contributed by atoms with van der Waals surface area (Å²) in [5, 5.41) is 0.215. The number of hydrogen-bond acceptors (Lipinski definition) is 3. The van der Waals surface area contributed by atoms with Gasteiger partial charge in [-0.05, 0) is 28.1 Å². The van der Waals surface area contributed by atoms with E-state index in [0.717, 1.165) is 0 Å². The molecule has 0 atom stereocenters. The summed E-state index contributed by atoms with van der Waals surface area (Å²) in [6.07, 6.45) is 1.37. The van der Waals surface area contributed by atoms with E-state index in [9.17, 15) is 4.79 Å². The number of H-pyrrole nitrogens is 1. The van der Waals surface area contributed by atoms with Crippen molar-refractivity contribution in [3.63, 3.8) is 0 Å². The quantitative estimate of drug-likeness (QED) is 0.813. The van der Waals surface area contributed by atoms with E-state index in [2.05, 4.69) is 25.9 Å². The average Bonchev–Trinajstić information content (AvgIpc) is 2.51. The predicted molar refractivity (Wildman–Crippen MR) is 55.3 cm³/mol. The first-order valence-corrected chi connectivity index (χ1v) is 4.84. The van der Waals surface area contributed by atoms with Crippen LogP contribution in [-0.2, 0) is 0 Å². The van der Waals surface area contributed by atoms with E-state index in [1.54, 1.807) is 12.1 Å². The molecule has 0 unspecified atom stereocenters. The van der Waals surface area contributed by atoms with E-state index in [1.807, 2.05) is 0 Å². The minimum Gasteiger partial charge on any atom is -0.449 e. The molecule has 2 aromatic heterocycles. The van der Waals surface area contributed by atoms with Crippen molar-refractivity contribution < 1.29 is 4.42 Å². The van der Waals surface area contributed by atoms with Crippen molar-refractivity contribution in [2.24, 2.45) is 0 Å². The Morgan fingerprint density at radius 2 is 2.29 bits per heavy atom. The van der Waals surface area contributed by atoms with Crippen LogP contribution in [0.15, 0.2) is 32.2 Å². The molecule has 0 fully saturated rings. The van der Waals surface area contributed by atoms with Gasteiger partial charge in [-0.2, -0.15) is 0 Å². The van der Waals surface area contributed by atoms with Crippen LogP contribution in [0.2, 0.25) is 5.15 Å². The van der Waals surface area contributed by atoms with Gasteiger partial charge in [0.05, 0.1) is 5.56 Å². The summed E-state index contributed by atoms with van der Waals surface area (Å²) >= 11 is 8.97. The molecular weight excluding hydrogens is 271 g/mol. The van der Waals surface area contributed by atoms with Crippen molar-refractivity contribution in [3.8, 4) is 11.3 Å². The van der Waals surface area contributed by atoms with Gasteiger partial charge in [0.15, 0.2) is 4.67 Å². The summed E-state index contributed by atoms with van der Waals surface area (Å²) in [4.78, 5) is 16.7. The minimum atomic E-state index is -0.482. The fourth-order valence-corrected chi connectivity index (χ4v) is 1.53. The van der Waals surface area contributed by atoms with E-state index >= 15 is 0 Å². The molecule has 0 spiro atoms. The molecule has 4 nitrogen and oxygen atoms in total. The van der Waals surface area contributed by atoms with Crippen molar-refractivity contribution in [1.29, 1.82) is 0 Å². The zero-order valence-corrected chi connectivity index (χ0v) is 9.09. The lowest BCUT2D eigenvalue weighted by Gasteiger charge is -1.97. The Labute approximate surface area is 92.1 Å². The van der Waals surface area contributed by atoms with Crippen LogP contribution in [0.3, 0.4) is 0 Å². The van der Waals surface area contributed by atoms with Crippen LogP contribution in [0.5, 0.6) is 0 Å². The Morgan fingerprint density at radius 1 is 1.50 bits per heavy atom. The summed E-state index contributed by atoms with van der Waals surface area (Å²) in [6, 6.07) is 3.46. The van der Waals surface area contributed by atoms with Gasteiger partial charge in [0, 0.05) is 6.20 Å². The number of nitrogens with zero attached hydrogens (tertiary/aromatic N) is 1. The number of aromatic amines is 1. The second-order valence-corrected chi connectivity index (χ2v) is 3.68. The SMILES string of the molecule is O=c1ncc(-c2ccc(Br)o2)c(Cl)[nH]1. The molecule has 0 radical (unpaired) electrons. The van der Waals surface area contributed by atoms with Crippen molar-refractivity contribution in [3.05, 3.63) is 38.6 Å². The van der Waals surface area contributed by atoms with Gasteiger partial charge in [-0.15, -0.1) is 0 Å². The van der Waals surface area contributed by atoms with Crippen LogP contribution < -0.4 is 5.69 Å². The Hall–Kier alpha value is -1.07. The maximum Gasteiger partial charge on any atom is 0.346 e. The van der Waals surface area contributed by atoms with Gasteiger partial charge in [0.2, 0.25) is 0 Å². The molecular formula is C8H4BrClN2O2. The second-order valence-electron chi connectivity index (χ2n) is 2.52. The smallest absolute Gasteiger partial charge is 0.346 e. The van der Waals surface area contributed by atoms with Gasteiger partial charge in [0.1, 0.15) is 10.9 Å². The van der Waals surface area contributed by atoms with Crippen molar-refractivity contribution in [2.75, 3.05) is 0 Å². The largest absolute Gasteiger partial charge is 0.449 e. The zero-order chi connectivity index (χ0) is 10.1. The molecule has 14 heavy (non-hydrogen) atoms. The number of hydrogen-bond donors (Lipinski definition) is 1. The van der Waals surface area contributed by atoms with Crippen molar-refractivity contribution >= 4 is 27.5 Å². The summed E-state index contributed by atoms with van der Waals surface area (Å²) in [7, 11) is 0.